The Balaban J connectivity index is 1.70. The molecule has 0 amide bonds. The van der Waals surface area contributed by atoms with Crippen molar-refractivity contribution < 1.29 is 4.84 Å². The summed E-state index contributed by atoms with van der Waals surface area (Å²) in [6.07, 6.45) is 0.845. The van der Waals surface area contributed by atoms with Gasteiger partial charge in [0.2, 0.25) is 6.23 Å². The zero-order chi connectivity index (χ0) is 14.1. The topological polar surface area (TPSA) is 36.9 Å². The fourth-order valence-corrected chi connectivity index (χ4v) is 2.98. The van der Waals surface area contributed by atoms with Crippen LogP contribution in [0.4, 0.5) is 0 Å². The van der Waals surface area contributed by atoms with Crippen LogP contribution in [0.2, 0.25) is 0 Å². The molecule has 2 aliphatic rings. The first-order valence-electron chi connectivity index (χ1n) is 7.28. The van der Waals surface area contributed by atoms with E-state index < -0.39 is 0 Å². The highest BCUT2D eigenvalue weighted by atomic mass is 16.7. The van der Waals surface area contributed by atoms with Gasteiger partial charge in [0, 0.05) is 18.5 Å². The molecule has 2 aromatic rings. The molecular weight excluding hydrogens is 262 g/mol. The van der Waals surface area contributed by atoms with Crippen LogP contribution in [0.1, 0.15) is 29.9 Å². The number of oxime groups is 1. The molecule has 0 bridgehead atoms. The Morgan fingerprint density at radius 3 is 2.33 bits per heavy atom. The van der Waals surface area contributed by atoms with Crippen LogP contribution in [-0.2, 0) is 4.84 Å². The Morgan fingerprint density at radius 1 is 0.952 bits per heavy atom. The van der Waals surface area contributed by atoms with Crippen molar-refractivity contribution in [2.45, 2.75) is 18.8 Å². The maximum Gasteiger partial charge on any atom is 0.228 e. The molecule has 0 saturated carbocycles. The lowest BCUT2D eigenvalue weighted by molar-refractivity contribution is -0.0169. The number of benzene rings is 2. The SMILES string of the molecule is c1ccc([C@H]2ON=C3CCN[C@@H](c4ccccc4)N32)cc1. The lowest BCUT2D eigenvalue weighted by Crippen LogP contribution is -2.47. The van der Waals surface area contributed by atoms with Crippen LogP contribution in [0.3, 0.4) is 0 Å². The lowest BCUT2D eigenvalue weighted by atomic mass is 10.1. The van der Waals surface area contributed by atoms with Gasteiger partial charge in [-0.3, -0.25) is 10.2 Å². The molecule has 0 spiro atoms. The molecule has 4 rings (SSSR count). The van der Waals surface area contributed by atoms with Crippen LogP contribution in [-0.4, -0.2) is 17.3 Å². The summed E-state index contributed by atoms with van der Waals surface area (Å²) in [6, 6.07) is 20.7. The fourth-order valence-electron chi connectivity index (χ4n) is 2.98. The van der Waals surface area contributed by atoms with Crippen molar-refractivity contribution in [2.24, 2.45) is 5.16 Å². The minimum Gasteiger partial charge on any atom is -0.364 e. The average molecular weight is 279 g/mol. The van der Waals surface area contributed by atoms with E-state index in [1.165, 1.54) is 5.56 Å². The molecule has 4 heteroatoms. The minimum atomic E-state index is -0.154. The van der Waals surface area contributed by atoms with E-state index in [4.69, 9.17) is 4.84 Å². The average Bonchev–Trinajstić information content (AvgIpc) is 3.00. The molecule has 2 atom stereocenters. The highest BCUT2D eigenvalue weighted by Crippen LogP contribution is 2.37. The summed E-state index contributed by atoms with van der Waals surface area (Å²) in [4.78, 5) is 7.96. The lowest BCUT2D eigenvalue weighted by Gasteiger charge is -2.37. The Labute approximate surface area is 124 Å². The smallest absolute Gasteiger partial charge is 0.228 e. The van der Waals surface area contributed by atoms with E-state index in [1.54, 1.807) is 0 Å². The second kappa shape index (κ2) is 5.22. The number of amidine groups is 1. The minimum absolute atomic E-state index is 0.103. The summed E-state index contributed by atoms with van der Waals surface area (Å²) < 4.78 is 0. The predicted molar refractivity (Wildman–Crippen MR) is 81.3 cm³/mol. The van der Waals surface area contributed by atoms with Crippen LogP contribution < -0.4 is 5.32 Å². The first-order valence-corrected chi connectivity index (χ1v) is 7.28. The number of hydrogen-bond acceptors (Lipinski definition) is 4. The summed E-state index contributed by atoms with van der Waals surface area (Å²) in [5.74, 6) is 1.02. The fraction of sp³-hybridized carbons (Fsp3) is 0.235. The van der Waals surface area contributed by atoms with Crippen LogP contribution in [0.5, 0.6) is 0 Å². The Kier molecular flexibility index (Phi) is 3.09. The van der Waals surface area contributed by atoms with Crippen LogP contribution >= 0.6 is 0 Å². The third-order valence-electron chi connectivity index (χ3n) is 3.97. The van der Waals surface area contributed by atoms with Gasteiger partial charge in [0.25, 0.3) is 0 Å². The van der Waals surface area contributed by atoms with Gasteiger partial charge in [-0.1, -0.05) is 65.8 Å². The highest BCUT2D eigenvalue weighted by molar-refractivity contribution is 5.84. The maximum absolute atomic E-state index is 5.71. The largest absolute Gasteiger partial charge is 0.364 e. The van der Waals surface area contributed by atoms with Crippen molar-refractivity contribution in [1.82, 2.24) is 10.2 Å². The van der Waals surface area contributed by atoms with E-state index in [0.717, 1.165) is 24.4 Å². The molecule has 2 heterocycles. The molecule has 21 heavy (non-hydrogen) atoms. The molecule has 2 aromatic carbocycles. The van der Waals surface area contributed by atoms with Crippen molar-refractivity contribution in [3.8, 4) is 0 Å². The number of fused-ring (bicyclic) bond motifs is 1. The van der Waals surface area contributed by atoms with E-state index in [-0.39, 0.29) is 12.4 Å². The molecule has 1 N–H and O–H groups in total. The van der Waals surface area contributed by atoms with Gasteiger partial charge < -0.3 is 4.84 Å². The van der Waals surface area contributed by atoms with Gasteiger partial charge in [-0.2, -0.15) is 0 Å². The molecule has 106 valence electrons. The van der Waals surface area contributed by atoms with Crippen molar-refractivity contribution in [3.63, 3.8) is 0 Å². The second-order valence-corrected chi connectivity index (χ2v) is 5.30. The number of rotatable bonds is 2. The second-order valence-electron chi connectivity index (χ2n) is 5.30. The molecule has 0 aromatic heterocycles. The van der Waals surface area contributed by atoms with Gasteiger partial charge in [0.15, 0.2) is 5.84 Å². The highest BCUT2D eigenvalue weighted by Gasteiger charge is 2.39. The van der Waals surface area contributed by atoms with Gasteiger partial charge in [0.1, 0.15) is 6.17 Å². The van der Waals surface area contributed by atoms with Crippen LogP contribution in [0.15, 0.2) is 65.8 Å². The Hall–Kier alpha value is -2.33. The van der Waals surface area contributed by atoms with Gasteiger partial charge in [-0.15, -0.1) is 0 Å². The molecule has 0 aliphatic carbocycles. The third kappa shape index (κ3) is 2.17. The molecule has 4 nitrogen and oxygen atoms in total. The molecule has 2 aliphatic heterocycles. The van der Waals surface area contributed by atoms with Gasteiger partial charge in [-0.05, 0) is 5.56 Å². The standard InChI is InChI=1S/C17H17N3O/c1-3-7-13(8-4-1)16-18-12-11-15-19-21-17(20(15)16)14-9-5-2-6-10-14/h1-10,16-18H,11-12H2/t16-,17-/m1/s1. The number of hydrogen-bond donors (Lipinski definition) is 1. The zero-order valence-corrected chi connectivity index (χ0v) is 11.6. The van der Waals surface area contributed by atoms with Gasteiger partial charge in [0.05, 0.1) is 0 Å². The van der Waals surface area contributed by atoms with E-state index in [9.17, 15) is 0 Å². The first-order chi connectivity index (χ1) is 10.4. The Bertz CT molecular complexity index is 642. The summed E-state index contributed by atoms with van der Waals surface area (Å²) in [5, 5.41) is 7.87. The van der Waals surface area contributed by atoms with Crippen molar-refractivity contribution >= 4 is 5.84 Å². The summed E-state index contributed by atoms with van der Waals surface area (Å²) in [5.41, 5.74) is 2.36. The predicted octanol–water partition coefficient (Wildman–Crippen LogP) is 3.02. The molecular formula is C17H17N3O. The number of nitrogens with zero attached hydrogens (tertiary/aromatic N) is 2. The summed E-state index contributed by atoms with van der Waals surface area (Å²) >= 11 is 0. The van der Waals surface area contributed by atoms with E-state index in [2.05, 4.69) is 51.8 Å². The van der Waals surface area contributed by atoms with Crippen molar-refractivity contribution in [3.05, 3.63) is 71.8 Å². The van der Waals surface area contributed by atoms with Crippen LogP contribution in [0.25, 0.3) is 0 Å². The molecule has 0 radical (unpaired) electrons. The monoisotopic (exact) mass is 279 g/mol. The number of nitrogens with one attached hydrogen (secondary N) is 1. The molecule has 0 unspecified atom stereocenters. The van der Waals surface area contributed by atoms with Gasteiger partial charge in [-0.25, -0.2) is 0 Å². The molecule has 1 saturated heterocycles. The quantitative estimate of drug-likeness (QED) is 0.918. The third-order valence-corrected chi connectivity index (χ3v) is 3.97. The Morgan fingerprint density at radius 2 is 1.62 bits per heavy atom. The molecule has 1 fully saturated rings. The first kappa shape index (κ1) is 12.4. The van der Waals surface area contributed by atoms with Crippen molar-refractivity contribution in [1.29, 1.82) is 0 Å². The normalized spacial score (nSPS) is 24.2. The van der Waals surface area contributed by atoms with E-state index >= 15 is 0 Å². The van der Waals surface area contributed by atoms with Crippen molar-refractivity contribution in [2.75, 3.05) is 6.54 Å². The maximum atomic E-state index is 5.71. The zero-order valence-electron chi connectivity index (χ0n) is 11.6. The van der Waals surface area contributed by atoms with E-state index in [1.807, 2.05) is 24.3 Å². The van der Waals surface area contributed by atoms with E-state index in [0.29, 0.717) is 0 Å². The summed E-state index contributed by atoms with van der Waals surface area (Å²) in [6.45, 7) is 0.916. The van der Waals surface area contributed by atoms with Gasteiger partial charge >= 0.3 is 0 Å². The van der Waals surface area contributed by atoms with Crippen LogP contribution in [0, 0.1) is 0 Å². The summed E-state index contributed by atoms with van der Waals surface area (Å²) in [7, 11) is 0.